The third-order valence-electron chi connectivity index (χ3n) is 8.46. The van der Waals surface area contributed by atoms with E-state index in [0.717, 1.165) is 28.2 Å². The Kier molecular flexibility index (Phi) is 27.6. The first-order chi connectivity index (χ1) is 32.0. The number of phenolic OH excluding ortho intramolecular Hbond substituents is 2. The molecule has 4 N–H and O–H groups in total. The number of phenols is 2. The number of rotatable bonds is 9. The molecule has 7 rings (SSSR count). The van der Waals surface area contributed by atoms with E-state index in [4.69, 9.17) is 26.0 Å². The fraction of sp³-hybridized carbons (Fsp3) is 0.0476. The second-order valence-electron chi connectivity index (χ2n) is 13.1. The molecule has 0 amide bonds. The fourth-order valence-electron chi connectivity index (χ4n) is 5.51. The maximum atomic E-state index is 11.3. The van der Waals surface area contributed by atoms with Gasteiger partial charge in [0.25, 0.3) is 12.9 Å². The first-order valence-corrected chi connectivity index (χ1v) is 22.6. The van der Waals surface area contributed by atoms with Crippen LogP contribution in [-0.4, -0.2) is 99.8 Å². The number of carbonyl (C=O) groups is 2. The zero-order valence-corrected chi connectivity index (χ0v) is 44.4. The molecular formula is C42H34CaClN6NaO17S3. The molecular weight excluding hydrogens is 1060 g/mol. The molecule has 0 saturated carbocycles. The van der Waals surface area contributed by atoms with Crippen LogP contribution in [-0.2, 0) is 39.9 Å². The molecule has 0 heterocycles. The van der Waals surface area contributed by atoms with E-state index in [1.807, 2.05) is 24.3 Å². The monoisotopic (exact) mass is 1090 g/mol. The summed E-state index contributed by atoms with van der Waals surface area (Å²) < 4.78 is 107. The van der Waals surface area contributed by atoms with Crippen molar-refractivity contribution in [1.82, 2.24) is 0 Å². The Bertz CT molecular complexity index is 3410. The van der Waals surface area contributed by atoms with E-state index >= 15 is 0 Å². The number of nitrogens with two attached hydrogens (primary N) is 1. The SMILES string of the molecule is Cc1ccc(N)c(S(=O)(=O)[O-])c1.Cc1ccc([N+]#N)c(S(=O)(=O)[O-])c1.Cl.O=COc1cc2ccccc2c(N=Nc2ccccc2S(=O)(=O)[O-])c1O.O=COc1cc2ccccc2cc1O.O=N[O-].[Ca+2].[Na+]. The summed E-state index contributed by atoms with van der Waals surface area (Å²) >= 11 is 0. The van der Waals surface area contributed by atoms with Gasteiger partial charge >= 0.3 is 73.0 Å². The Balaban J connectivity index is 0.000000940. The van der Waals surface area contributed by atoms with Crippen molar-refractivity contribution in [3.63, 3.8) is 0 Å². The van der Waals surface area contributed by atoms with E-state index in [2.05, 4.69) is 19.9 Å². The minimum Gasteiger partial charge on any atom is -0.744 e. The number of hydrogen-bond donors (Lipinski definition) is 3. The molecule has 23 nitrogen and oxygen atoms in total. The normalized spacial score (nSPS) is 10.4. The second-order valence-corrected chi connectivity index (χ2v) is 17.1. The van der Waals surface area contributed by atoms with Crippen LogP contribution in [0, 0.1) is 29.4 Å². The topological polar surface area (TPSA) is 396 Å². The van der Waals surface area contributed by atoms with Gasteiger partial charge in [0, 0.05) is 17.1 Å². The van der Waals surface area contributed by atoms with Crippen molar-refractivity contribution in [3.05, 3.63) is 154 Å². The second kappa shape index (κ2) is 30.1. The number of nitrogen functional groups attached to an aromatic ring is 1. The molecule has 0 aromatic heterocycles. The van der Waals surface area contributed by atoms with Crippen LogP contribution >= 0.6 is 12.4 Å². The van der Waals surface area contributed by atoms with E-state index in [1.165, 1.54) is 42.5 Å². The molecule has 0 bridgehead atoms. The fourth-order valence-corrected chi connectivity index (χ4v) is 7.50. The number of aromatic hydroxyl groups is 2. The minimum atomic E-state index is -4.74. The van der Waals surface area contributed by atoms with Gasteiger partial charge in [-0.05, 0) is 89.7 Å². The van der Waals surface area contributed by atoms with Gasteiger partial charge in [0.05, 0.1) is 9.79 Å². The van der Waals surface area contributed by atoms with Crippen molar-refractivity contribution in [2.45, 2.75) is 28.5 Å². The van der Waals surface area contributed by atoms with E-state index in [0.29, 0.717) is 28.4 Å². The van der Waals surface area contributed by atoms with Gasteiger partial charge in [-0.1, -0.05) is 72.8 Å². The van der Waals surface area contributed by atoms with Crippen molar-refractivity contribution in [3.8, 4) is 23.0 Å². The Labute approximate surface area is 462 Å². The smallest absolute Gasteiger partial charge is 0.744 e. The number of benzene rings is 7. The molecule has 7 aromatic rings. The molecule has 0 saturated heterocycles. The van der Waals surface area contributed by atoms with Crippen LogP contribution in [0.5, 0.6) is 23.0 Å². The summed E-state index contributed by atoms with van der Waals surface area (Å²) in [5.74, 6) is -0.422. The van der Waals surface area contributed by atoms with Gasteiger partial charge in [-0.15, -0.1) is 28.0 Å². The maximum Gasteiger partial charge on any atom is 2.00 e. The van der Waals surface area contributed by atoms with Crippen molar-refractivity contribution >= 4 is 138 Å². The third-order valence-corrected chi connectivity index (χ3v) is 11.1. The number of halogens is 1. The summed E-state index contributed by atoms with van der Waals surface area (Å²) in [6.45, 7) is 3.78. The predicted molar refractivity (Wildman–Crippen MR) is 253 cm³/mol. The van der Waals surface area contributed by atoms with Crippen LogP contribution < -0.4 is 44.8 Å². The molecule has 0 radical (unpaired) electrons. The van der Waals surface area contributed by atoms with Gasteiger partial charge in [0.15, 0.2) is 28.0 Å². The molecule has 0 aliphatic rings. The zero-order valence-electron chi connectivity index (χ0n) is 37.0. The van der Waals surface area contributed by atoms with Crippen LogP contribution in [0.25, 0.3) is 26.5 Å². The summed E-state index contributed by atoms with van der Waals surface area (Å²) in [7, 11) is -13.7. The largest absolute Gasteiger partial charge is 2.00 e. The van der Waals surface area contributed by atoms with Crippen LogP contribution in [0.3, 0.4) is 0 Å². The maximum absolute atomic E-state index is 11.3. The van der Waals surface area contributed by atoms with Crippen LogP contribution in [0.4, 0.5) is 22.7 Å². The van der Waals surface area contributed by atoms with Crippen LogP contribution in [0.1, 0.15) is 11.1 Å². The molecule has 29 heteroatoms. The first-order valence-electron chi connectivity index (χ1n) is 18.3. The average molecular weight is 1090 g/mol. The molecule has 7 aromatic carbocycles. The van der Waals surface area contributed by atoms with Gasteiger partial charge in [0.2, 0.25) is 5.39 Å². The molecule has 362 valence electrons. The van der Waals surface area contributed by atoms with E-state index in [1.54, 1.807) is 62.4 Å². The number of anilines is 1. The van der Waals surface area contributed by atoms with Gasteiger partial charge in [-0.3, -0.25) is 9.59 Å². The zero-order chi connectivity index (χ0) is 50.8. The summed E-state index contributed by atoms with van der Waals surface area (Å²) in [4.78, 5) is 30.1. The first kappa shape index (κ1) is 65.1. The molecule has 0 unspecified atom stereocenters. The average Bonchev–Trinajstić information content (AvgIpc) is 3.28. The predicted octanol–water partition coefficient (Wildman–Crippen LogP) is 4.64. The number of carbonyl (C=O) groups excluding carboxylic acids is 2. The number of diazo groups is 1. The van der Waals surface area contributed by atoms with Gasteiger partial charge in [-0.2, -0.15) is 0 Å². The van der Waals surface area contributed by atoms with Crippen molar-refractivity contribution in [2.75, 3.05) is 5.73 Å². The summed E-state index contributed by atoms with van der Waals surface area (Å²) in [5, 5.41) is 47.8. The van der Waals surface area contributed by atoms with Crippen molar-refractivity contribution < 1.29 is 97.7 Å². The van der Waals surface area contributed by atoms with Gasteiger partial charge in [0.1, 0.15) is 46.6 Å². The summed E-state index contributed by atoms with van der Waals surface area (Å²) in [5.41, 5.74) is 6.16. The Morgan fingerprint density at radius 3 is 1.61 bits per heavy atom. The third kappa shape index (κ3) is 19.7. The quantitative estimate of drug-likeness (QED) is 0.0259. The summed E-state index contributed by atoms with van der Waals surface area (Å²) in [6, 6.07) is 32.5. The molecule has 0 aliphatic carbocycles. The van der Waals surface area contributed by atoms with Gasteiger partial charge in [-0.25, -0.2) is 25.3 Å². The Morgan fingerprint density at radius 2 is 1.08 bits per heavy atom. The van der Waals surface area contributed by atoms with Crippen molar-refractivity contribution in [2.24, 2.45) is 15.6 Å². The van der Waals surface area contributed by atoms with Gasteiger partial charge < -0.3 is 49.2 Å². The number of nitrogens with zero attached hydrogens (tertiary/aromatic N) is 5. The number of hydrogen-bond acceptors (Lipinski definition) is 22. The number of azo groups is 1. The standard InChI is InChI=1S/C17H12N2O6S.C11H8O3.C7H6N2O3S.C7H9NO3S.Ca.ClH.HNO2.Na/c20-10-25-14-9-11-5-1-2-6-12(11)16(17(14)21)19-18-13-7-3-4-8-15(13)26(22,23)24;12-7-14-11-6-9-4-2-1-3-8(9)5-10(11)13;1-5-2-3-6(9-8)7(4-5)13(10,11)12;1-5-2-3-6(8)7(4-5)12(9,10)11;;;2-1-3;/h1-10,21H,(H,22,23,24);1-7,13H;2-4H,1H3;2-4H,8H2,1H3,(H,9,10,11);;1H;(H,2,3);/q;;;;+2;;;+1/p-3. The van der Waals surface area contributed by atoms with E-state index < -0.39 is 45.9 Å². The number of ether oxygens (including phenoxy) is 2. The van der Waals surface area contributed by atoms with Crippen LogP contribution in [0.15, 0.2) is 158 Å². The van der Waals surface area contributed by atoms with E-state index in [9.17, 15) is 58.7 Å². The Hall–Kier alpha value is -5.90. The minimum absolute atomic E-state index is 0. The Morgan fingerprint density at radius 1 is 0.634 bits per heavy atom. The molecule has 0 atom stereocenters. The number of fused-ring (bicyclic) bond motifs is 2. The molecule has 0 fully saturated rings. The summed E-state index contributed by atoms with van der Waals surface area (Å²) in [6.07, 6.45) is 0. The van der Waals surface area contributed by atoms with E-state index in [-0.39, 0.29) is 131 Å². The molecule has 0 spiro atoms. The number of aryl methyl sites for hydroxylation is 2. The van der Waals surface area contributed by atoms with Crippen LogP contribution in [0.2, 0.25) is 0 Å². The molecule has 0 aliphatic heterocycles. The van der Waals surface area contributed by atoms with Crippen molar-refractivity contribution in [1.29, 1.82) is 5.39 Å². The molecule has 71 heavy (non-hydrogen) atoms.